The van der Waals surface area contributed by atoms with E-state index in [1.165, 1.54) is 7.11 Å². The van der Waals surface area contributed by atoms with Gasteiger partial charge in [-0.15, -0.1) is 0 Å². The van der Waals surface area contributed by atoms with E-state index < -0.39 is 0 Å². The van der Waals surface area contributed by atoms with Crippen molar-refractivity contribution in [2.45, 2.75) is 32.1 Å². The molecule has 0 bridgehead atoms. The van der Waals surface area contributed by atoms with Gasteiger partial charge in [0.25, 0.3) is 0 Å². The molecule has 1 saturated carbocycles. The number of aryl methyl sites for hydroxylation is 1. The molecule has 0 aromatic heterocycles. The quantitative estimate of drug-likeness (QED) is 0.536. The van der Waals surface area contributed by atoms with Crippen LogP contribution in [-0.4, -0.2) is 40.9 Å². The highest BCUT2D eigenvalue weighted by Crippen LogP contribution is 2.46. The number of ether oxygens (including phenoxy) is 5. The van der Waals surface area contributed by atoms with Gasteiger partial charge >= 0.3 is 5.97 Å². The van der Waals surface area contributed by atoms with Crippen molar-refractivity contribution in [1.29, 1.82) is 0 Å². The predicted molar refractivity (Wildman–Crippen MR) is 88.3 cm³/mol. The molecule has 0 radical (unpaired) electrons. The molecule has 0 heterocycles. The number of methoxy groups -OCH3 is 3. The fraction of sp³-hybridized carbons (Fsp3) is 0.611. The van der Waals surface area contributed by atoms with Gasteiger partial charge in [-0.3, -0.25) is 4.79 Å². The second-order valence-electron chi connectivity index (χ2n) is 5.93. The molecule has 1 fully saturated rings. The topological polar surface area (TPSA) is 63.2 Å². The second-order valence-corrected chi connectivity index (χ2v) is 5.93. The molecule has 0 amide bonds. The zero-order valence-corrected chi connectivity index (χ0v) is 14.8. The number of hydrogen-bond acceptors (Lipinski definition) is 6. The lowest BCUT2D eigenvalue weighted by Gasteiger charge is -2.23. The fourth-order valence-corrected chi connectivity index (χ4v) is 3.33. The van der Waals surface area contributed by atoms with Crippen molar-refractivity contribution in [3.05, 3.63) is 23.3 Å². The average Bonchev–Trinajstić information content (AvgIpc) is 3.07. The molecule has 2 unspecified atom stereocenters. The van der Waals surface area contributed by atoms with E-state index in [0.717, 1.165) is 36.1 Å². The molecule has 0 saturated heterocycles. The number of carbonyl (C=O) groups is 1. The minimum absolute atomic E-state index is 0.0501. The van der Waals surface area contributed by atoms with E-state index >= 15 is 0 Å². The van der Waals surface area contributed by atoms with Gasteiger partial charge < -0.3 is 23.7 Å². The lowest BCUT2D eigenvalue weighted by molar-refractivity contribution is -0.145. The van der Waals surface area contributed by atoms with Gasteiger partial charge in [0.2, 0.25) is 0 Å². The van der Waals surface area contributed by atoms with E-state index in [-0.39, 0.29) is 31.4 Å². The Bertz CT molecular complexity index is 557. The summed E-state index contributed by atoms with van der Waals surface area (Å²) in [7, 11) is 4.59. The first-order valence-electron chi connectivity index (χ1n) is 8.08. The van der Waals surface area contributed by atoms with Crippen molar-refractivity contribution in [3.63, 3.8) is 0 Å². The highest BCUT2D eigenvalue weighted by atomic mass is 16.7. The molecule has 1 aliphatic rings. The van der Waals surface area contributed by atoms with Crippen molar-refractivity contribution >= 4 is 5.97 Å². The van der Waals surface area contributed by atoms with Crippen LogP contribution < -0.4 is 9.47 Å². The van der Waals surface area contributed by atoms with Crippen LogP contribution in [0.15, 0.2) is 12.1 Å². The van der Waals surface area contributed by atoms with Gasteiger partial charge in [-0.25, -0.2) is 0 Å². The molecule has 2 rings (SSSR count). The van der Waals surface area contributed by atoms with Crippen LogP contribution in [0.4, 0.5) is 0 Å². The normalized spacial score (nSPS) is 20.0. The summed E-state index contributed by atoms with van der Waals surface area (Å²) < 4.78 is 26.4. The monoisotopic (exact) mass is 338 g/mol. The van der Waals surface area contributed by atoms with Crippen molar-refractivity contribution in [2.75, 3.05) is 34.9 Å². The number of esters is 1. The van der Waals surface area contributed by atoms with Crippen molar-refractivity contribution in [1.82, 2.24) is 0 Å². The van der Waals surface area contributed by atoms with Crippen LogP contribution in [0.25, 0.3) is 0 Å². The Kier molecular flexibility index (Phi) is 6.87. The van der Waals surface area contributed by atoms with Crippen LogP contribution in [0.2, 0.25) is 0 Å². The van der Waals surface area contributed by atoms with Crippen LogP contribution in [0.3, 0.4) is 0 Å². The summed E-state index contributed by atoms with van der Waals surface area (Å²) in [4.78, 5) is 12.1. The van der Waals surface area contributed by atoms with Gasteiger partial charge in [0, 0.05) is 25.7 Å². The minimum atomic E-state index is -0.170. The third-order valence-corrected chi connectivity index (χ3v) is 4.36. The molecule has 1 aliphatic carbocycles. The van der Waals surface area contributed by atoms with Gasteiger partial charge in [-0.05, 0) is 37.5 Å². The van der Waals surface area contributed by atoms with E-state index in [9.17, 15) is 4.79 Å². The molecule has 6 nitrogen and oxygen atoms in total. The number of hydrogen-bond donors (Lipinski definition) is 0. The summed E-state index contributed by atoms with van der Waals surface area (Å²) in [5.74, 6) is 1.18. The molecule has 1 aromatic carbocycles. The van der Waals surface area contributed by atoms with Crippen molar-refractivity contribution in [3.8, 4) is 11.5 Å². The van der Waals surface area contributed by atoms with Crippen molar-refractivity contribution < 1.29 is 28.5 Å². The first-order chi connectivity index (χ1) is 11.6. The molecule has 0 aliphatic heterocycles. The van der Waals surface area contributed by atoms with Gasteiger partial charge in [-0.2, -0.15) is 0 Å². The minimum Gasteiger partial charge on any atom is -0.469 e. The Balaban J connectivity index is 2.39. The van der Waals surface area contributed by atoms with E-state index in [2.05, 4.69) is 0 Å². The van der Waals surface area contributed by atoms with Crippen LogP contribution >= 0.6 is 0 Å². The molecular weight excluding hydrogens is 312 g/mol. The summed E-state index contributed by atoms with van der Waals surface area (Å²) >= 11 is 0. The molecule has 1 aromatic rings. The lowest BCUT2D eigenvalue weighted by atomic mass is 9.87. The average molecular weight is 338 g/mol. The van der Waals surface area contributed by atoms with E-state index in [0.29, 0.717) is 5.75 Å². The maximum atomic E-state index is 12.1. The van der Waals surface area contributed by atoms with Crippen molar-refractivity contribution in [2.24, 2.45) is 5.92 Å². The Morgan fingerprint density at radius 2 is 1.79 bits per heavy atom. The largest absolute Gasteiger partial charge is 0.469 e. The first-order valence-corrected chi connectivity index (χ1v) is 8.08. The van der Waals surface area contributed by atoms with Gasteiger partial charge in [0.15, 0.2) is 13.6 Å². The third-order valence-electron chi connectivity index (χ3n) is 4.36. The molecule has 0 N–H and O–H groups in total. The van der Waals surface area contributed by atoms with Gasteiger partial charge in [0.05, 0.1) is 13.0 Å². The third kappa shape index (κ3) is 4.19. The lowest BCUT2D eigenvalue weighted by Crippen LogP contribution is -2.20. The Morgan fingerprint density at radius 1 is 1.08 bits per heavy atom. The Labute approximate surface area is 143 Å². The summed E-state index contributed by atoms with van der Waals surface area (Å²) in [6, 6.07) is 3.83. The van der Waals surface area contributed by atoms with E-state index in [1.807, 2.05) is 19.1 Å². The Morgan fingerprint density at radius 3 is 2.46 bits per heavy atom. The second kappa shape index (κ2) is 8.89. The van der Waals surface area contributed by atoms with Crippen LogP contribution in [0.1, 0.15) is 36.3 Å². The summed E-state index contributed by atoms with van der Waals surface area (Å²) in [6.45, 7) is 2.28. The predicted octanol–water partition coefficient (Wildman–Crippen LogP) is 3.02. The molecule has 2 atom stereocenters. The van der Waals surface area contributed by atoms with Gasteiger partial charge in [0.1, 0.15) is 11.5 Å². The molecule has 134 valence electrons. The van der Waals surface area contributed by atoms with Crippen LogP contribution in [-0.2, 0) is 19.0 Å². The summed E-state index contributed by atoms with van der Waals surface area (Å²) in [5, 5.41) is 0. The smallest absolute Gasteiger partial charge is 0.309 e. The molecule has 0 spiro atoms. The van der Waals surface area contributed by atoms with E-state index in [1.54, 1.807) is 14.2 Å². The summed E-state index contributed by atoms with van der Waals surface area (Å²) in [6.07, 6.45) is 2.72. The number of carbonyl (C=O) groups excluding carboxylic acids is 1. The highest BCUT2D eigenvalue weighted by Gasteiger charge is 2.37. The Hall–Kier alpha value is -1.79. The first kappa shape index (κ1) is 18.5. The van der Waals surface area contributed by atoms with Crippen LogP contribution in [0.5, 0.6) is 11.5 Å². The fourth-order valence-electron chi connectivity index (χ4n) is 3.33. The van der Waals surface area contributed by atoms with Crippen LogP contribution in [0, 0.1) is 12.8 Å². The maximum Gasteiger partial charge on any atom is 0.309 e. The number of rotatable bonds is 8. The zero-order valence-electron chi connectivity index (χ0n) is 14.8. The highest BCUT2D eigenvalue weighted by molar-refractivity contribution is 5.74. The summed E-state index contributed by atoms with van der Waals surface area (Å²) in [5.41, 5.74) is 1.90. The maximum absolute atomic E-state index is 12.1. The molecule has 6 heteroatoms. The SMILES string of the molecule is COCOc1cc(C)c(OCOC)c(C2CCCC2C(=O)OC)c1. The molecular formula is C18H26O6. The van der Waals surface area contributed by atoms with E-state index in [4.69, 9.17) is 23.7 Å². The molecule has 24 heavy (non-hydrogen) atoms. The number of benzene rings is 1. The standard InChI is InChI=1S/C18H26O6/c1-12-8-13(23-10-20-2)9-16(17(12)24-11-21-3)14-6-5-7-15(14)18(19)22-4/h8-9,14-15H,5-7,10-11H2,1-4H3. The van der Waals surface area contributed by atoms with Gasteiger partial charge in [-0.1, -0.05) is 6.42 Å². The zero-order chi connectivity index (χ0) is 17.5.